The summed E-state index contributed by atoms with van der Waals surface area (Å²) in [4.78, 5) is 0. The molecule has 0 bridgehead atoms. The molecular weight excluding hydrogens is 339 g/mol. The maximum atomic E-state index is 12.0. The zero-order valence-electron chi connectivity index (χ0n) is 11.4. The number of aliphatic hydroxyl groups is 1. The molecule has 1 saturated heterocycles. The van der Waals surface area contributed by atoms with E-state index >= 15 is 0 Å². The predicted octanol–water partition coefficient (Wildman–Crippen LogP) is 1.99. The van der Waals surface area contributed by atoms with Crippen LogP contribution in [-0.2, 0) is 25.1 Å². The van der Waals surface area contributed by atoms with Crippen LogP contribution in [0.4, 0.5) is 0 Å². The van der Waals surface area contributed by atoms with Crippen molar-refractivity contribution in [3.05, 3.63) is 33.8 Å². The molecular formula is C13H16Cl2O5S. The third-order valence-electron chi connectivity index (χ3n) is 3.25. The molecule has 1 aliphatic rings. The molecule has 1 aromatic carbocycles. The topological polar surface area (TPSA) is 72.8 Å². The van der Waals surface area contributed by atoms with Crippen molar-refractivity contribution in [3.63, 3.8) is 0 Å². The highest BCUT2D eigenvalue weighted by Gasteiger charge is 2.47. The first-order valence-corrected chi connectivity index (χ1v) is 8.98. The number of hydrogen-bond acceptors (Lipinski definition) is 5. The molecule has 0 amide bonds. The fraction of sp³-hybridized carbons (Fsp3) is 0.538. The van der Waals surface area contributed by atoms with Crippen LogP contribution in [0.1, 0.15) is 12.5 Å². The summed E-state index contributed by atoms with van der Waals surface area (Å²) in [5, 5.41) is 9.89. The summed E-state index contributed by atoms with van der Waals surface area (Å²) in [7, 11) is -3.39. The molecule has 118 valence electrons. The zero-order valence-corrected chi connectivity index (χ0v) is 13.7. The largest absolute Gasteiger partial charge is 0.394 e. The Hall–Kier alpha value is -0.370. The summed E-state index contributed by atoms with van der Waals surface area (Å²) in [5.41, 5.74) is 0.390. The average molecular weight is 355 g/mol. The van der Waals surface area contributed by atoms with Crippen molar-refractivity contribution in [1.82, 2.24) is 0 Å². The lowest BCUT2D eigenvalue weighted by atomic mass is 10.1. The second kappa shape index (κ2) is 6.40. The van der Waals surface area contributed by atoms with Crippen molar-refractivity contribution in [2.75, 3.05) is 24.7 Å². The minimum Gasteiger partial charge on any atom is -0.394 e. The molecule has 2 rings (SSSR count). The Kier molecular flexibility index (Phi) is 5.18. The van der Waals surface area contributed by atoms with E-state index in [9.17, 15) is 13.5 Å². The first-order chi connectivity index (χ1) is 9.82. The average Bonchev–Trinajstić information content (AvgIpc) is 2.82. The van der Waals surface area contributed by atoms with E-state index < -0.39 is 21.7 Å². The fourth-order valence-electron chi connectivity index (χ4n) is 2.14. The number of benzene rings is 1. The van der Waals surface area contributed by atoms with Gasteiger partial charge in [-0.15, -0.1) is 0 Å². The third kappa shape index (κ3) is 3.70. The molecule has 2 atom stereocenters. The number of rotatable bonds is 5. The van der Waals surface area contributed by atoms with Crippen molar-refractivity contribution >= 4 is 33.0 Å². The van der Waals surface area contributed by atoms with Crippen LogP contribution in [0.15, 0.2) is 18.2 Å². The van der Waals surface area contributed by atoms with E-state index in [-0.39, 0.29) is 29.7 Å². The van der Waals surface area contributed by atoms with Crippen molar-refractivity contribution in [2.24, 2.45) is 0 Å². The Morgan fingerprint density at radius 3 is 2.67 bits per heavy atom. The molecule has 0 aromatic heterocycles. The molecule has 1 aromatic rings. The van der Waals surface area contributed by atoms with Crippen molar-refractivity contribution in [1.29, 1.82) is 0 Å². The Morgan fingerprint density at radius 1 is 1.43 bits per heavy atom. The molecule has 5 nitrogen and oxygen atoms in total. The van der Waals surface area contributed by atoms with E-state index in [2.05, 4.69) is 0 Å². The van der Waals surface area contributed by atoms with Crippen LogP contribution in [0.25, 0.3) is 0 Å². The van der Waals surface area contributed by atoms with Crippen LogP contribution < -0.4 is 0 Å². The first kappa shape index (κ1) is 17.0. The number of ether oxygens (including phenoxy) is 2. The highest BCUT2D eigenvalue weighted by Crippen LogP contribution is 2.40. The van der Waals surface area contributed by atoms with Crippen LogP contribution in [0.3, 0.4) is 0 Å². The highest BCUT2D eigenvalue weighted by molar-refractivity contribution is 7.91. The van der Waals surface area contributed by atoms with E-state index in [1.54, 1.807) is 19.1 Å². The second-order valence-electron chi connectivity index (χ2n) is 4.79. The Bertz CT molecular complexity index is 619. The summed E-state index contributed by atoms with van der Waals surface area (Å²) < 4.78 is 35.3. The van der Waals surface area contributed by atoms with Crippen molar-refractivity contribution in [3.8, 4) is 0 Å². The van der Waals surface area contributed by atoms with E-state index in [0.29, 0.717) is 10.6 Å². The van der Waals surface area contributed by atoms with E-state index in [1.165, 1.54) is 6.07 Å². The van der Waals surface area contributed by atoms with Gasteiger partial charge in [-0.3, -0.25) is 0 Å². The van der Waals surface area contributed by atoms with E-state index in [4.69, 9.17) is 32.7 Å². The van der Waals surface area contributed by atoms with Gasteiger partial charge in [0.2, 0.25) is 5.79 Å². The van der Waals surface area contributed by atoms with Gasteiger partial charge >= 0.3 is 0 Å². The van der Waals surface area contributed by atoms with Gasteiger partial charge in [-0.25, -0.2) is 8.42 Å². The van der Waals surface area contributed by atoms with Crippen molar-refractivity contribution < 1.29 is 23.0 Å². The summed E-state index contributed by atoms with van der Waals surface area (Å²) in [6.07, 6.45) is -0.594. The quantitative estimate of drug-likeness (QED) is 0.875. The monoisotopic (exact) mass is 354 g/mol. The Balaban J connectivity index is 2.46. The molecule has 0 aliphatic carbocycles. The molecule has 1 heterocycles. The molecule has 21 heavy (non-hydrogen) atoms. The van der Waals surface area contributed by atoms with Crippen LogP contribution in [0.2, 0.25) is 10.0 Å². The van der Waals surface area contributed by atoms with Gasteiger partial charge in [0.15, 0.2) is 9.84 Å². The number of halogens is 2. The minimum absolute atomic E-state index is 0.0452. The van der Waals surface area contributed by atoms with Crippen LogP contribution in [-0.4, -0.2) is 44.3 Å². The van der Waals surface area contributed by atoms with Crippen LogP contribution in [0.5, 0.6) is 0 Å². The molecule has 8 heteroatoms. The summed E-state index contributed by atoms with van der Waals surface area (Å²) in [5.74, 6) is -1.92. The molecule has 0 spiro atoms. The Morgan fingerprint density at radius 2 is 2.14 bits per heavy atom. The molecule has 0 saturated carbocycles. The standard InChI is InChI=1S/C13H16Cl2O5S/c1-2-21(17,18)8-13(19-7-10(6-16)20-13)11-4-3-9(14)5-12(11)15/h3-5,10,16H,2,6-8H2,1H3. The second-order valence-corrected chi connectivity index (χ2v) is 7.98. The minimum atomic E-state index is -3.39. The maximum absolute atomic E-state index is 12.0. The molecule has 1 N–H and O–H groups in total. The SMILES string of the molecule is CCS(=O)(=O)CC1(c2ccc(Cl)cc2Cl)OCC(CO)O1. The lowest BCUT2D eigenvalue weighted by molar-refractivity contribution is -0.162. The predicted molar refractivity (Wildman–Crippen MR) is 80.4 cm³/mol. The summed E-state index contributed by atoms with van der Waals surface area (Å²) in [6.45, 7) is 1.37. The molecule has 1 fully saturated rings. The lowest BCUT2D eigenvalue weighted by Gasteiger charge is -2.29. The number of aliphatic hydroxyl groups excluding tert-OH is 1. The number of sulfone groups is 1. The Labute approximate surface area is 133 Å². The van der Waals surface area contributed by atoms with Gasteiger partial charge in [0.25, 0.3) is 0 Å². The normalized spacial score (nSPS) is 26.2. The molecule has 2 unspecified atom stereocenters. The smallest absolute Gasteiger partial charge is 0.211 e. The summed E-state index contributed by atoms with van der Waals surface area (Å²) >= 11 is 12.0. The first-order valence-electron chi connectivity index (χ1n) is 6.40. The highest BCUT2D eigenvalue weighted by atomic mass is 35.5. The lowest BCUT2D eigenvalue weighted by Crippen LogP contribution is -2.37. The number of hydrogen-bond donors (Lipinski definition) is 1. The van der Waals surface area contributed by atoms with Gasteiger partial charge in [0, 0.05) is 16.3 Å². The van der Waals surface area contributed by atoms with Gasteiger partial charge in [-0.2, -0.15) is 0 Å². The molecule has 1 aliphatic heterocycles. The fourth-order valence-corrected chi connectivity index (χ4v) is 3.78. The molecule has 0 radical (unpaired) electrons. The zero-order chi connectivity index (χ0) is 15.7. The maximum Gasteiger partial charge on any atom is 0.211 e. The van der Waals surface area contributed by atoms with Gasteiger partial charge in [0.05, 0.1) is 18.2 Å². The van der Waals surface area contributed by atoms with Gasteiger partial charge in [0.1, 0.15) is 11.9 Å². The van der Waals surface area contributed by atoms with Crippen LogP contribution in [0, 0.1) is 0 Å². The van der Waals surface area contributed by atoms with Crippen LogP contribution >= 0.6 is 23.2 Å². The van der Waals surface area contributed by atoms with Crippen molar-refractivity contribution in [2.45, 2.75) is 18.8 Å². The van der Waals surface area contributed by atoms with Gasteiger partial charge in [-0.05, 0) is 12.1 Å². The van der Waals surface area contributed by atoms with Gasteiger partial charge < -0.3 is 14.6 Å². The van der Waals surface area contributed by atoms with E-state index in [1.807, 2.05) is 0 Å². The van der Waals surface area contributed by atoms with E-state index in [0.717, 1.165) is 0 Å². The van der Waals surface area contributed by atoms with Gasteiger partial charge in [-0.1, -0.05) is 36.2 Å². The summed E-state index contributed by atoms with van der Waals surface area (Å²) in [6, 6.07) is 4.66. The third-order valence-corrected chi connectivity index (χ3v) is 5.50.